The zero-order chi connectivity index (χ0) is 7.71. The van der Waals surface area contributed by atoms with Crippen LogP contribution < -0.4 is 16.5 Å². The first kappa shape index (κ1) is 22.7. The molecule has 0 aromatic heterocycles. The van der Waals surface area contributed by atoms with Gasteiger partial charge in [0.15, 0.2) is 0 Å². The van der Waals surface area contributed by atoms with Crippen molar-refractivity contribution in [1.29, 1.82) is 0 Å². The van der Waals surface area contributed by atoms with Crippen LogP contribution in [-0.4, -0.2) is 9.63 Å². The van der Waals surface area contributed by atoms with Crippen LogP contribution in [-0.2, 0) is 45.3 Å². The van der Waals surface area contributed by atoms with E-state index in [-0.39, 0.29) is 17.8 Å². The molecule has 0 spiro atoms. The van der Waals surface area contributed by atoms with Gasteiger partial charge in [0, 0.05) is 0 Å². The Morgan fingerprint density at radius 1 is 1.08 bits per heavy atom. The average Bonchev–Trinajstić information content (AvgIpc) is 1.14. The molecule has 0 heterocycles. The molecule has 0 amide bonds. The number of hydrogen-bond acceptors (Lipinski definition) is 7. The van der Waals surface area contributed by atoms with Crippen LogP contribution in [0.15, 0.2) is 0 Å². The fourth-order valence-electron chi connectivity index (χ4n) is 0.105. The van der Waals surface area contributed by atoms with Gasteiger partial charge in [-0.1, -0.05) is 0 Å². The Kier molecular flexibility index (Phi) is 12.4. The molecule has 0 aliphatic carbocycles. The Bertz CT molecular complexity index is 240. The van der Waals surface area contributed by atoms with Gasteiger partial charge in [-0.15, -0.1) is 0 Å². The Balaban J connectivity index is -0.000000107. The first-order chi connectivity index (χ1) is 3.71. The topological polar surface area (TPSA) is 224 Å². The van der Waals surface area contributed by atoms with Crippen molar-refractivity contribution in [2.45, 2.75) is 0 Å². The van der Waals surface area contributed by atoms with Gasteiger partial charge in [0.25, 0.3) is 0 Å². The molecule has 0 radical (unpaired) electrons. The summed E-state index contributed by atoms with van der Waals surface area (Å²) >= 11 is -11.8. The third-order valence-corrected chi connectivity index (χ3v) is 2.88. The van der Waals surface area contributed by atoms with Gasteiger partial charge < -0.3 is 17.8 Å². The molecule has 10 N–H and O–H groups in total. The maximum atomic E-state index is 9.49. The molecule has 0 saturated carbocycles. The number of rotatable bonds is 2. The van der Waals surface area contributed by atoms with Crippen molar-refractivity contribution in [3.05, 3.63) is 0 Å². The Hall–Kier alpha value is 0.0249. The molecule has 0 bridgehead atoms. The number of hydrogen-bond donors (Lipinski definition) is 3. The van der Waals surface area contributed by atoms with Crippen LogP contribution >= 0.6 is 0 Å². The van der Waals surface area contributed by atoms with Gasteiger partial charge >= 0.3 is 53.6 Å². The quantitative estimate of drug-likeness (QED) is 0.521. The fourth-order valence-corrected chi connectivity index (χ4v) is 1.79. The van der Waals surface area contributed by atoms with Crippen molar-refractivity contribution >= 4 is 0 Å². The van der Waals surface area contributed by atoms with E-state index in [2.05, 4.69) is 2.84 Å². The second kappa shape index (κ2) is 6.53. The summed E-state index contributed by atoms with van der Waals surface area (Å²) in [7, 11) is 0. The molecule has 12 heavy (non-hydrogen) atoms. The predicted molar refractivity (Wildman–Crippen MR) is 20.0 cm³/mol. The van der Waals surface area contributed by atoms with Gasteiger partial charge in [-0.2, -0.15) is 0 Å². The van der Waals surface area contributed by atoms with E-state index < -0.39 is 27.2 Å². The minimum absolute atomic E-state index is 0. The van der Waals surface area contributed by atoms with Gasteiger partial charge in [-0.3, -0.25) is 0 Å². The molecule has 0 fully saturated rings. The molecular weight excluding hydrogens is 260 g/mol. The molecule has 0 saturated heterocycles. The van der Waals surface area contributed by atoms with Gasteiger partial charge in [-0.25, -0.2) is 0 Å². The predicted octanol–water partition coefficient (Wildman–Crippen LogP) is -1.72. The van der Waals surface area contributed by atoms with Crippen LogP contribution in [0.3, 0.4) is 0 Å². The van der Waals surface area contributed by atoms with Gasteiger partial charge in [-0.05, 0) is 0 Å². The summed E-state index contributed by atoms with van der Waals surface area (Å²) in [4.78, 5) is 0. The van der Waals surface area contributed by atoms with E-state index in [0.717, 1.165) is 0 Å². The molecule has 0 rings (SSSR count). The van der Waals surface area contributed by atoms with Gasteiger partial charge in [0.2, 0.25) is 0 Å². The van der Waals surface area contributed by atoms with Crippen LogP contribution in [0, 0.1) is 0 Å². The van der Waals surface area contributed by atoms with Crippen molar-refractivity contribution in [3.8, 4) is 0 Å². The summed E-state index contributed by atoms with van der Waals surface area (Å²) in [5.41, 5.74) is 0. The summed E-state index contributed by atoms with van der Waals surface area (Å²) in [5.74, 6) is 0. The number of quaternary nitrogens is 2. The summed E-state index contributed by atoms with van der Waals surface area (Å²) in [5, 5.41) is 0. The van der Waals surface area contributed by atoms with Crippen molar-refractivity contribution < 1.29 is 59.1 Å². The molecule has 0 aromatic rings. The van der Waals surface area contributed by atoms with E-state index in [1.54, 1.807) is 0 Å². The zero-order valence-electron chi connectivity index (χ0n) is 6.16. The zero-order valence-corrected chi connectivity index (χ0v) is 8.71. The van der Waals surface area contributed by atoms with Crippen LogP contribution in [0.25, 0.3) is 0 Å². The second-order valence-corrected chi connectivity index (χ2v) is 4.60. The Morgan fingerprint density at radius 2 is 1.33 bits per heavy atom. The molecule has 80 valence electrons. The minimum atomic E-state index is -6.01. The van der Waals surface area contributed by atoms with E-state index in [1.165, 1.54) is 0 Å². The summed E-state index contributed by atoms with van der Waals surface area (Å²) < 4.78 is 57.6. The van der Waals surface area contributed by atoms with Crippen molar-refractivity contribution in [3.63, 3.8) is 0 Å². The monoisotopic (exact) mass is 270 g/mol. The van der Waals surface area contributed by atoms with E-state index in [0.29, 0.717) is 0 Å². The molecule has 0 atom stereocenters. The van der Waals surface area contributed by atoms with E-state index in [9.17, 15) is 19.4 Å². The first-order valence-electron chi connectivity index (χ1n) is 1.35. The van der Waals surface area contributed by atoms with Crippen LogP contribution in [0.2, 0.25) is 0 Å². The summed E-state index contributed by atoms with van der Waals surface area (Å²) in [6.07, 6.45) is 0. The van der Waals surface area contributed by atoms with Crippen molar-refractivity contribution in [1.82, 2.24) is 12.3 Å². The third kappa shape index (κ3) is 22.5. The van der Waals surface area contributed by atoms with Gasteiger partial charge in [0.05, 0.1) is 0 Å². The average molecular weight is 270 g/mol. The van der Waals surface area contributed by atoms with Crippen LogP contribution in [0.1, 0.15) is 0 Å². The fraction of sp³-hybridized carbons (Fsp3) is 0. The van der Waals surface area contributed by atoms with Crippen molar-refractivity contribution in [2.24, 2.45) is 0 Å². The summed E-state index contributed by atoms with van der Waals surface area (Å²) in [6.45, 7) is 0. The van der Waals surface area contributed by atoms with Crippen LogP contribution in [0.4, 0.5) is 0 Å². The molecule has 12 heteroatoms. The maximum absolute atomic E-state index is 9.49. The van der Waals surface area contributed by atoms with Crippen molar-refractivity contribution in [2.75, 3.05) is 0 Å². The Labute approximate surface area is 71.8 Å². The molecule has 0 unspecified atom stereocenters. The standard InChI is InChI=1S/2Cr.2H3N.2H2O.6O/h;;2*1H3;2*1H2;;;;;;/q;+1;;;;;;;;;;-1. The third-order valence-electron chi connectivity index (χ3n) is 0.169. The van der Waals surface area contributed by atoms with E-state index in [4.69, 9.17) is 4.16 Å². The SMILES string of the molecule is [NH4+].[NH4+].[OH-].[O]=[Cr](=[O])([O-])[O][Cr](=[O])(=[O])[OH]. The molecule has 0 aliphatic heterocycles. The molecule has 0 aliphatic rings. The Morgan fingerprint density at radius 3 is 1.33 bits per heavy atom. The van der Waals surface area contributed by atoms with Crippen LogP contribution in [0.5, 0.6) is 0 Å². The van der Waals surface area contributed by atoms with E-state index in [1.807, 2.05) is 0 Å². The first-order valence-corrected chi connectivity index (χ1v) is 5.56. The van der Waals surface area contributed by atoms with Gasteiger partial charge in [0.1, 0.15) is 0 Å². The second-order valence-electron chi connectivity index (χ2n) is 0.904. The summed E-state index contributed by atoms with van der Waals surface area (Å²) in [6, 6.07) is 0. The normalized spacial score (nSPS) is 10.2. The van der Waals surface area contributed by atoms with E-state index >= 15 is 0 Å². The molecule has 0 aromatic carbocycles. The molecule has 10 nitrogen and oxygen atoms in total. The molecular formula is H10Cr2N2O8.